The zero-order valence-electron chi connectivity index (χ0n) is 21.6. The number of para-hydroxylation sites is 1. The van der Waals surface area contributed by atoms with E-state index >= 15 is 0 Å². The van der Waals surface area contributed by atoms with Gasteiger partial charge in [-0.05, 0) is 47.7 Å². The average molecular weight is 489 g/mol. The highest BCUT2D eigenvalue weighted by atomic mass is 16.5. The van der Waals surface area contributed by atoms with Crippen molar-refractivity contribution in [2.75, 3.05) is 20.3 Å². The molecule has 3 rings (SSSR count). The molecule has 3 aromatic carbocycles. The van der Waals surface area contributed by atoms with Gasteiger partial charge in [-0.2, -0.15) is 0 Å². The van der Waals surface area contributed by atoms with Crippen LogP contribution in [0, 0.1) is 0 Å². The number of methoxy groups -OCH3 is 1. The summed E-state index contributed by atoms with van der Waals surface area (Å²) in [6, 6.07) is 24.3. The lowest BCUT2D eigenvalue weighted by Gasteiger charge is -2.31. The molecule has 0 spiro atoms. The largest absolute Gasteiger partial charge is 0.497 e. The van der Waals surface area contributed by atoms with E-state index in [4.69, 9.17) is 9.47 Å². The third kappa shape index (κ3) is 7.35. The second-order valence-corrected chi connectivity index (χ2v) is 8.95. The maximum atomic E-state index is 13.7. The molecule has 1 N–H and O–H groups in total. The Balaban J connectivity index is 1.92. The number of nitrogens with zero attached hydrogens (tertiary/aromatic N) is 1. The van der Waals surface area contributed by atoms with E-state index < -0.39 is 6.04 Å². The highest BCUT2D eigenvalue weighted by Crippen LogP contribution is 2.26. The highest BCUT2D eigenvalue weighted by molar-refractivity contribution is 5.88. The van der Waals surface area contributed by atoms with Crippen LogP contribution in [-0.4, -0.2) is 43.0 Å². The van der Waals surface area contributed by atoms with Crippen LogP contribution in [-0.2, 0) is 22.6 Å². The van der Waals surface area contributed by atoms with Gasteiger partial charge in [-0.25, -0.2) is 0 Å². The molecule has 36 heavy (non-hydrogen) atoms. The van der Waals surface area contributed by atoms with Gasteiger partial charge in [-0.1, -0.05) is 74.5 Å². The Kier molecular flexibility index (Phi) is 9.92. The number of amides is 2. The first kappa shape index (κ1) is 26.8. The Hall–Kier alpha value is -3.80. The average Bonchev–Trinajstić information content (AvgIpc) is 2.90. The molecule has 0 saturated carbocycles. The van der Waals surface area contributed by atoms with Gasteiger partial charge < -0.3 is 19.7 Å². The highest BCUT2D eigenvalue weighted by Gasteiger charge is 2.30. The van der Waals surface area contributed by atoms with E-state index in [-0.39, 0.29) is 30.9 Å². The molecule has 1 atom stereocenters. The van der Waals surface area contributed by atoms with Gasteiger partial charge >= 0.3 is 0 Å². The summed E-state index contributed by atoms with van der Waals surface area (Å²) in [5, 5.41) is 2.91. The number of ether oxygens (including phenoxy) is 2. The number of benzene rings is 3. The van der Waals surface area contributed by atoms with E-state index in [1.54, 1.807) is 12.0 Å². The molecule has 0 radical (unpaired) electrons. The summed E-state index contributed by atoms with van der Waals surface area (Å²) in [4.78, 5) is 28.6. The van der Waals surface area contributed by atoms with Gasteiger partial charge in [0.15, 0.2) is 6.61 Å². The van der Waals surface area contributed by atoms with Gasteiger partial charge in [0.2, 0.25) is 5.91 Å². The molecule has 0 heterocycles. The van der Waals surface area contributed by atoms with E-state index in [9.17, 15) is 9.59 Å². The molecular formula is C30H36N2O4. The van der Waals surface area contributed by atoms with Crippen LogP contribution in [0.2, 0.25) is 0 Å². The Morgan fingerprint density at radius 3 is 2.31 bits per heavy atom. The maximum Gasteiger partial charge on any atom is 0.261 e. The fraction of sp³-hybridized carbons (Fsp3) is 0.333. The van der Waals surface area contributed by atoms with E-state index in [1.807, 2.05) is 85.8 Å². The lowest BCUT2D eigenvalue weighted by atomic mass is 10.0. The minimum atomic E-state index is -0.699. The first-order chi connectivity index (χ1) is 17.4. The van der Waals surface area contributed by atoms with Gasteiger partial charge in [0.1, 0.15) is 17.5 Å². The lowest BCUT2D eigenvalue weighted by molar-refractivity contribution is -0.142. The predicted octanol–water partition coefficient (Wildman–Crippen LogP) is 4.97. The van der Waals surface area contributed by atoms with E-state index in [0.717, 1.165) is 16.7 Å². The van der Waals surface area contributed by atoms with Crippen LogP contribution in [0.25, 0.3) is 0 Å². The van der Waals surface area contributed by atoms with E-state index in [1.165, 1.54) is 0 Å². The third-order valence-corrected chi connectivity index (χ3v) is 6.00. The van der Waals surface area contributed by atoms with Crippen molar-refractivity contribution in [3.8, 4) is 11.5 Å². The number of nitrogens with one attached hydrogen (secondary N) is 1. The molecule has 0 fully saturated rings. The molecular weight excluding hydrogens is 452 g/mol. The first-order valence-corrected chi connectivity index (χ1v) is 12.4. The summed E-state index contributed by atoms with van der Waals surface area (Å²) in [6.45, 7) is 6.60. The van der Waals surface area contributed by atoms with Crippen molar-refractivity contribution in [3.05, 3.63) is 95.6 Å². The molecule has 0 aliphatic heterocycles. The van der Waals surface area contributed by atoms with Crippen molar-refractivity contribution in [3.63, 3.8) is 0 Å². The number of likely N-dealkylation sites (N-methyl/N-ethyl adjacent to an activating group) is 1. The van der Waals surface area contributed by atoms with Crippen molar-refractivity contribution in [2.24, 2.45) is 0 Å². The summed E-state index contributed by atoms with van der Waals surface area (Å²) in [7, 11) is 1.61. The minimum Gasteiger partial charge on any atom is -0.497 e. The van der Waals surface area contributed by atoms with Crippen LogP contribution in [0.15, 0.2) is 78.9 Å². The van der Waals surface area contributed by atoms with E-state index in [2.05, 4.69) is 19.2 Å². The minimum absolute atomic E-state index is 0.168. The SMILES string of the molecule is CCNC(=O)[C@H](Cc1ccccc1)N(Cc1cccc(OC)c1)C(=O)COc1ccccc1C(C)C. The van der Waals surface area contributed by atoms with Crippen LogP contribution in [0.1, 0.15) is 43.4 Å². The maximum absolute atomic E-state index is 13.7. The topological polar surface area (TPSA) is 67.9 Å². The molecule has 6 nitrogen and oxygen atoms in total. The zero-order valence-corrected chi connectivity index (χ0v) is 21.6. The Morgan fingerprint density at radius 1 is 0.917 bits per heavy atom. The summed E-state index contributed by atoms with van der Waals surface area (Å²) in [5.41, 5.74) is 2.88. The van der Waals surface area contributed by atoms with Crippen LogP contribution < -0.4 is 14.8 Å². The van der Waals surface area contributed by atoms with E-state index in [0.29, 0.717) is 24.5 Å². The van der Waals surface area contributed by atoms with Crippen molar-refractivity contribution in [1.29, 1.82) is 0 Å². The number of carbonyl (C=O) groups excluding carboxylic acids is 2. The molecule has 0 bridgehead atoms. The molecule has 0 unspecified atom stereocenters. The number of carbonyl (C=O) groups is 2. The van der Waals surface area contributed by atoms with Gasteiger partial charge in [-0.3, -0.25) is 9.59 Å². The Labute approximate surface area is 214 Å². The molecule has 0 aromatic heterocycles. The van der Waals surface area contributed by atoms with Gasteiger partial charge in [0.25, 0.3) is 5.91 Å². The third-order valence-electron chi connectivity index (χ3n) is 6.00. The summed E-state index contributed by atoms with van der Waals surface area (Å²) in [6.07, 6.45) is 0.394. The normalized spacial score (nSPS) is 11.6. The molecule has 2 amide bonds. The standard InChI is InChI=1S/C30H36N2O4/c1-5-31-30(34)27(19-23-12-7-6-8-13-23)32(20-24-14-11-15-25(18-24)35-4)29(33)21-36-28-17-10-9-16-26(28)22(2)3/h6-18,22,27H,5,19-21H2,1-4H3,(H,31,34)/t27-/m0/s1. The molecule has 3 aromatic rings. The zero-order chi connectivity index (χ0) is 25.9. The van der Waals surface area contributed by atoms with Crippen LogP contribution in [0.3, 0.4) is 0 Å². The summed E-state index contributed by atoms with van der Waals surface area (Å²) >= 11 is 0. The summed E-state index contributed by atoms with van der Waals surface area (Å²) < 4.78 is 11.4. The smallest absolute Gasteiger partial charge is 0.261 e. The van der Waals surface area contributed by atoms with Gasteiger partial charge in [0, 0.05) is 19.5 Å². The molecule has 0 saturated heterocycles. The van der Waals surface area contributed by atoms with Crippen molar-refractivity contribution in [1.82, 2.24) is 10.2 Å². The molecule has 0 aliphatic carbocycles. The Bertz CT molecular complexity index is 1130. The second-order valence-electron chi connectivity index (χ2n) is 8.95. The van der Waals surface area contributed by atoms with Gasteiger partial charge in [0.05, 0.1) is 7.11 Å². The van der Waals surface area contributed by atoms with Crippen LogP contribution >= 0.6 is 0 Å². The van der Waals surface area contributed by atoms with Crippen LogP contribution in [0.5, 0.6) is 11.5 Å². The Morgan fingerprint density at radius 2 is 1.61 bits per heavy atom. The molecule has 6 heteroatoms. The van der Waals surface area contributed by atoms with Crippen molar-refractivity contribution in [2.45, 2.75) is 45.7 Å². The quantitative estimate of drug-likeness (QED) is 0.391. The lowest BCUT2D eigenvalue weighted by Crippen LogP contribution is -2.51. The number of hydrogen-bond donors (Lipinski definition) is 1. The van der Waals surface area contributed by atoms with Crippen molar-refractivity contribution < 1.29 is 19.1 Å². The number of rotatable bonds is 12. The van der Waals surface area contributed by atoms with Gasteiger partial charge in [-0.15, -0.1) is 0 Å². The second kappa shape index (κ2) is 13.3. The summed E-state index contributed by atoms with van der Waals surface area (Å²) in [5.74, 6) is 1.17. The molecule has 0 aliphatic rings. The van der Waals surface area contributed by atoms with Crippen LogP contribution in [0.4, 0.5) is 0 Å². The van der Waals surface area contributed by atoms with Crippen molar-refractivity contribution >= 4 is 11.8 Å². The predicted molar refractivity (Wildman–Crippen MR) is 142 cm³/mol. The first-order valence-electron chi connectivity index (χ1n) is 12.4. The fourth-order valence-electron chi connectivity index (χ4n) is 4.12. The monoisotopic (exact) mass is 488 g/mol. The fourth-order valence-corrected chi connectivity index (χ4v) is 4.12. The number of hydrogen-bond acceptors (Lipinski definition) is 4. The molecule has 190 valence electrons.